The van der Waals surface area contributed by atoms with E-state index in [2.05, 4.69) is 9.62 Å². The van der Waals surface area contributed by atoms with Crippen molar-refractivity contribution in [3.05, 3.63) is 36.3 Å². The van der Waals surface area contributed by atoms with Gasteiger partial charge in [-0.25, -0.2) is 8.96 Å². The molecule has 0 saturated heterocycles. The minimum absolute atomic E-state index is 0.208. The van der Waals surface area contributed by atoms with Gasteiger partial charge in [0.2, 0.25) is 5.75 Å². The fourth-order valence-electron chi connectivity index (χ4n) is 1.26. The summed E-state index contributed by atoms with van der Waals surface area (Å²) >= 11 is 0. The quantitative estimate of drug-likeness (QED) is 0.814. The van der Waals surface area contributed by atoms with Gasteiger partial charge in [0.25, 0.3) is 5.88 Å². The normalized spacial score (nSPS) is 12.4. The smallest absolute Gasteiger partial charge is 0.365 e. The molecule has 0 fully saturated rings. The molecule has 1 aromatic carbocycles. The molecule has 1 aromatic heterocycles. The second kappa shape index (κ2) is 4.57. The van der Waals surface area contributed by atoms with E-state index in [4.69, 9.17) is 4.89 Å². The first-order valence-corrected chi connectivity index (χ1v) is 5.78. The Morgan fingerprint density at radius 1 is 1.35 bits per heavy atom. The van der Waals surface area contributed by atoms with Crippen LogP contribution in [0.25, 0.3) is 5.69 Å². The van der Waals surface area contributed by atoms with Crippen LogP contribution in [0.4, 0.5) is 4.39 Å². The van der Waals surface area contributed by atoms with Gasteiger partial charge in [-0.05, 0) is 24.3 Å². The topological polar surface area (TPSA) is 84.6 Å². The summed E-state index contributed by atoms with van der Waals surface area (Å²) in [6, 6.07) is 5.19. The van der Waals surface area contributed by atoms with Crippen molar-refractivity contribution in [3.63, 3.8) is 0 Å². The molecule has 1 heterocycles. The number of hydrogen-bond donors (Lipinski definition) is 2. The predicted molar refractivity (Wildman–Crippen MR) is 57.0 cm³/mol. The van der Waals surface area contributed by atoms with Crippen LogP contribution in [-0.4, -0.2) is 19.8 Å². The molecule has 0 bridgehead atoms. The number of aromatic hydroxyl groups is 1. The van der Waals surface area contributed by atoms with E-state index in [0.717, 1.165) is 10.9 Å². The van der Waals surface area contributed by atoms with Crippen molar-refractivity contribution in [3.8, 4) is 17.3 Å². The predicted octanol–water partition coefficient (Wildman–Crippen LogP) is 1.48. The van der Waals surface area contributed by atoms with Crippen LogP contribution in [0.1, 0.15) is 0 Å². The molecule has 0 spiro atoms. The van der Waals surface area contributed by atoms with E-state index in [1.807, 2.05) is 0 Å². The molecule has 2 rings (SSSR count). The van der Waals surface area contributed by atoms with Crippen LogP contribution in [0, 0.1) is 5.82 Å². The van der Waals surface area contributed by atoms with Crippen molar-refractivity contribution in [2.24, 2.45) is 0 Å². The van der Waals surface area contributed by atoms with Gasteiger partial charge in [0.1, 0.15) is 5.82 Å². The number of rotatable bonds is 3. The van der Waals surface area contributed by atoms with Crippen molar-refractivity contribution < 1.29 is 23.5 Å². The van der Waals surface area contributed by atoms with Gasteiger partial charge in [0, 0.05) is 0 Å². The lowest BCUT2D eigenvalue weighted by molar-refractivity contribution is 0.379. The third-order valence-corrected chi connectivity index (χ3v) is 2.37. The Morgan fingerprint density at radius 3 is 2.59 bits per heavy atom. The Morgan fingerprint density at radius 2 is 2.00 bits per heavy atom. The van der Waals surface area contributed by atoms with Gasteiger partial charge in [0.05, 0.1) is 11.9 Å². The Kier molecular flexibility index (Phi) is 3.12. The molecule has 6 nitrogen and oxygen atoms in total. The Balaban J connectivity index is 2.37. The van der Waals surface area contributed by atoms with E-state index in [-0.39, 0.29) is 5.75 Å². The number of hydrogen-bond acceptors (Lipinski definition) is 4. The monoisotopic (exact) mass is 258 g/mol. The van der Waals surface area contributed by atoms with Gasteiger partial charge in [-0.3, -0.25) is 0 Å². The Labute approximate surface area is 95.8 Å². The summed E-state index contributed by atoms with van der Waals surface area (Å²) in [6.07, 6.45) is 1.09. The zero-order chi connectivity index (χ0) is 12.4. The fraction of sp³-hybridized carbons (Fsp3) is 0. The molecule has 0 aliphatic rings. The lowest BCUT2D eigenvalue weighted by atomic mass is 10.3. The molecular weight excluding hydrogens is 250 g/mol. The standard InChI is InChI=1S/C9H8FN2O4P/c10-6-1-3-7(4-2-6)12-9(13)8(5-11-12)16-17(14)15/h1-5,13,17H,(H,14,15). The zero-order valence-corrected chi connectivity index (χ0v) is 9.37. The summed E-state index contributed by atoms with van der Waals surface area (Å²) < 4.78 is 28.7. The van der Waals surface area contributed by atoms with Crippen molar-refractivity contribution in [2.45, 2.75) is 0 Å². The second-order valence-electron chi connectivity index (χ2n) is 3.09. The molecule has 0 amide bonds. The number of nitrogens with zero attached hydrogens (tertiary/aromatic N) is 2. The molecule has 17 heavy (non-hydrogen) atoms. The molecular formula is C9H8FN2O4P. The fourth-order valence-corrected chi connectivity index (χ4v) is 1.60. The van der Waals surface area contributed by atoms with Crippen LogP contribution in [0.15, 0.2) is 30.5 Å². The molecule has 8 heteroatoms. The van der Waals surface area contributed by atoms with Crippen molar-refractivity contribution in [2.75, 3.05) is 0 Å². The number of aromatic nitrogens is 2. The summed E-state index contributed by atoms with van der Waals surface area (Å²) in [7, 11) is -3.21. The van der Waals surface area contributed by atoms with Crippen molar-refractivity contribution in [1.29, 1.82) is 0 Å². The molecule has 0 aliphatic carbocycles. The molecule has 0 saturated carbocycles. The van der Waals surface area contributed by atoms with E-state index in [1.54, 1.807) is 0 Å². The van der Waals surface area contributed by atoms with E-state index < -0.39 is 20.0 Å². The average molecular weight is 258 g/mol. The maximum Gasteiger partial charge on any atom is 0.365 e. The molecule has 1 atom stereocenters. The van der Waals surface area contributed by atoms with E-state index in [9.17, 15) is 14.1 Å². The van der Waals surface area contributed by atoms with Gasteiger partial charge in [-0.15, -0.1) is 0 Å². The van der Waals surface area contributed by atoms with Crippen LogP contribution >= 0.6 is 8.25 Å². The van der Waals surface area contributed by atoms with E-state index >= 15 is 0 Å². The number of benzene rings is 1. The highest BCUT2D eigenvalue weighted by molar-refractivity contribution is 7.32. The van der Waals surface area contributed by atoms with E-state index in [0.29, 0.717) is 5.69 Å². The molecule has 90 valence electrons. The van der Waals surface area contributed by atoms with Crippen LogP contribution in [-0.2, 0) is 4.57 Å². The minimum atomic E-state index is -3.21. The summed E-state index contributed by atoms with van der Waals surface area (Å²) in [5.41, 5.74) is 0.399. The largest absolute Gasteiger partial charge is 0.491 e. The average Bonchev–Trinajstić information content (AvgIpc) is 2.61. The second-order valence-corrected chi connectivity index (χ2v) is 3.82. The molecule has 0 aliphatic heterocycles. The van der Waals surface area contributed by atoms with Gasteiger partial charge in [-0.1, -0.05) is 0 Å². The Hall–Kier alpha value is -1.85. The lowest BCUT2D eigenvalue weighted by Crippen LogP contribution is -1.95. The van der Waals surface area contributed by atoms with Gasteiger partial charge in [0.15, 0.2) is 0 Å². The lowest BCUT2D eigenvalue weighted by Gasteiger charge is -2.03. The highest BCUT2D eigenvalue weighted by Gasteiger charge is 2.13. The molecule has 2 aromatic rings. The SMILES string of the molecule is O=[PH](O)Oc1cnn(-c2ccc(F)cc2)c1O. The molecule has 0 radical (unpaired) electrons. The first-order valence-electron chi connectivity index (χ1n) is 4.51. The summed E-state index contributed by atoms with van der Waals surface area (Å²) in [4.78, 5) is 8.57. The van der Waals surface area contributed by atoms with Gasteiger partial charge >= 0.3 is 8.25 Å². The number of halogens is 1. The summed E-state index contributed by atoms with van der Waals surface area (Å²) in [5, 5.41) is 13.4. The van der Waals surface area contributed by atoms with Gasteiger partial charge < -0.3 is 14.5 Å². The van der Waals surface area contributed by atoms with E-state index in [1.165, 1.54) is 24.3 Å². The first kappa shape index (κ1) is 11.6. The highest BCUT2D eigenvalue weighted by atomic mass is 31.1. The summed E-state index contributed by atoms with van der Waals surface area (Å²) in [5.74, 6) is -1.05. The molecule has 1 unspecified atom stereocenters. The van der Waals surface area contributed by atoms with Crippen LogP contribution in [0.5, 0.6) is 11.6 Å². The Bertz CT molecular complexity index is 555. The van der Waals surface area contributed by atoms with Gasteiger partial charge in [-0.2, -0.15) is 9.78 Å². The van der Waals surface area contributed by atoms with Crippen LogP contribution < -0.4 is 4.52 Å². The first-order chi connectivity index (χ1) is 8.08. The van der Waals surface area contributed by atoms with Crippen molar-refractivity contribution >= 4 is 8.25 Å². The molecule has 2 N–H and O–H groups in total. The maximum absolute atomic E-state index is 12.7. The highest BCUT2D eigenvalue weighted by Crippen LogP contribution is 2.33. The van der Waals surface area contributed by atoms with Crippen LogP contribution in [0.3, 0.4) is 0 Å². The summed E-state index contributed by atoms with van der Waals surface area (Å²) in [6.45, 7) is 0. The van der Waals surface area contributed by atoms with Crippen molar-refractivity contribution in [1.82, 2.24) is 9.78 Å². The zero-order valence-electron chi connectivity index (χ0n) is 8.37. The minimum Gasteiger partial charge on any atom is -0.491 e. The maximum atomic E-state index is 12.7. The van der Waals surface area contributed by atoms with Crippen LogP contribution in [0.2, 0.25) is 0 Å². The third-order valence-electron chi connectivity index (χ3n) is 1.98. The third kappa shape index (κ3) is 2.46.